The van der Waals surface area contributed by atoms with Crippen molar-refractivity contribution in [2.45, 2.75) is 32.1 Å². The zero-order chi connectivity index (χ0) is 21.5. The van der Waals surface area contributed by atoms with Crippen LogP contribution < -0.4 is 10.2 Å². The van der Waals surface area contributed by atoms with Gasteiger partial charge in [-0.05, 0) is 55.5 Å². The molecule has 7 nitrogen and oxygen atoms in total. The minimum atomic E-state index is -0.306. The molecule has 31 heavy (non-hydrogen) atoms. The highest BCUT2D eigenvalue weighted by Crippen LogP contribution is 2.37. The van der Waals surface area contributed by atoms with Crippen molar-refractivity contribution in [3.05, 3.63) is 59.2 Å². The SMILES string of the molecule is O=C(CCCN1C(=O)c2ccccc2C1=O)Nc1ccc2c(c1)N(C(=O)C1CC1)CC2. The number of carbonyl (C=O) groups excluding carboxylic acids is 4. The molecule has 7 heteroatoms. The first kappa shape index (κ1) is 19.5. The maximum absolute atomic E-state index is 12.5. The molecule has 0 bridgehead atoms. The van der Waals surface area contributed by atoms with Gasteiger partial charge >= 0.3 is 0 Å². The highest BCUT2D eigenvalue weighted by Gasteiger charge is 2.37. The molecule has 4 amide bonds. The van der Waals surface area contributed by atoms with Gasteiger partial charge < -0.3 is 10.2 Å². The molecule has 0 aromatic heterocycles. The summed E-state index contributed by atoms with van der Waals surface area (Å²) in [7, 11) is 0. The van der Waals surface area contributed by atoms with Gasteiger partial charge in [-0.2, -0.15) is 0 Å². The van der Waals surface area contributed by atoms with Crippen LogP contribution in [0.5, 0.6) is 0 Å². The molecule has 0 unspecified atom stereocenters. The monoisotopic (exact) mass is 417 g/mol. The van der Waals surface area contributed by atoms with Crippen LogP contribution in [0.1, 0.15) is 52.0 Å². The molecule has 0 atom stereocenters. The molecule has 1 saturated carbocycles. The van der Waals surface area contributed by atoms with E-state index in [0.29, 0.717) is 29.8 Å². The number of rotatable bonds is 6. The van der Waals surface area contributed by atoms with Gasteiger partial charge in [-0.25, -0.2) is 0 Å². The molecule has 3 aliphatic rings. The third-order valence-electron chi connectivity index (χ3n) is 6.12. The lowest BCUT2D eigenvalue weighted by Gasteiger charge is -2.18. The Labute approximate surface area is 180 Å². The van der Waals surface area contributed by atoms with Crippen molar-refractivity contribution >= 4 is 35.0 Å². The first-order valence-electron chi connectivity index (χ1n) is 10.7. The van der Waals surface area contributed by atoms with Crippen LogP contribution in [-0.4, -0.2) is 41.6 Å². The van der Waals surface area contributed by atoms with Gasteiger partial charge in [0.1, 0.15) is 0 Å². The van der Waals surface area contributed by atoms with Crippen molar-refractivity contribution in [2.75, 3.05) is 23.3 Å². The maximum Gasteiger partial charge on any atom is 0.261 e. The fraction of sp³-hybridized carbons (Fsp3) is 0.333. The van der Waals surface area contributed by atoms with Gasteiger partial charge in [-0.3, -0.25) is 24.1 Å². The second-order valence-electron chi connectivity index (χ2n) is 8.32. The van der Waals surface area contributed by atoms with Crippen molar-refractivity contribution in [2.24, 2.45) is 5.92 Å². The van der Waals surface area contributed by atoms with E-state index in [1.54, 1.807) is 24.3 Å². The Hall–Kier alpha value is -3.48. The second kappa shape index (κ2) is 7.65. The molecule has 5 rings (SSSR count). The van der Waals surface area contributed by atoms with Crippen molar-refractivity contribution in [1.29, 1.82) is 0 Å². The lowest BCUT2D eigenvalue weighted by molar-refractivity contribution is -0.119. The highest BCUT2D eigenvalue weighted by atomic mass is 16.2. The summed E-state index contributed by atoms with van der Waals surface area (Å²) in [5.41, 5.74) is 3.50. The quantitative estimate of drug-likeness (QED) is 0.732. The van der Waals surface area contributed by atoms with Crippen molar-refractivity contribution in [3.8, 4) is 0 Å². The molecule has 0 radical (unpaired) electrons. The van der Waals surface area contributed by atoms with Crippen molar-refractivity contribution in [3.63, 3.8) is 0 Å². The average molecular weight is 417 g/mol. The van der Waals surface area contributed by atoms with Crippen LogP contribution >= 0.6 is 0 Å². The zero-order valence-corrected chi connectivity index (χ0v) is 17.1. The van der Waals surface area contributed by atoms with E-state index in [1.165, 1.54) is 4.90 Å². The van der Waals surface area contributed by atoms with Crippen LogP contribution in [0, 0.1) is 5.92 Å². The van der Waals surface area contributed by atoms with Crippen LogP contribution in [0.3, 0.4) is 0 Å². The Bertz CT molecular complexity index is 1070. The first-order valence-corrected chi connectivity index (χ1v) is 10.7. The fourth-order valence-electron chi connectivity index (χ4n) is 4.30. The highest BCUT2D eigenvalue weighted by molar-refractivity contribution is 6.21. The van der Waals surface area contributed by atoms with Gasteiger partial charge in [-0.15, -0.1) is 0 Å². The number of anilines is 2. The number of carbonyl (C=O) groups is 4. The average Bonchev–Trinajstić information content (AvgIpc) is 3.50. The molecule has 0 saturated heterocycles. The molecule has 0 spiro atoms. The number of fused-ring (bicyclic) bond motifs is 2. The largest absolute Gasteiger partial charge is 0.326 e. The number of imide groups is 1. The first-order chi connectivity index (χ1) is 15.0. The van der Waals surface area contributed by atoms with Crippen LogP contribution in [0.4, 0.5) is 11.4 Å². The molecular formula is C24H23N3O4. The molecule has 1 fully saturated rings. The predicted molar refractivity (Wildman–Crippen MR) is 115 cm³/mol. The summed E-state index contributed by atoms with van der Waals surface area (Å²) in [6.07, 6.45) is 3.34. The Balaban J connectivity index is 1.17. The fourth-order valence-corrected chi connectivity index (χ4v) is 4.30. The van der Waals surface area contributed by atoms with Crippen molar-refractivity contribution < 1.29 is 19.2 Å². The summed E-state index contributed by atoms with van der Waals surface area (Å²) in [6, 6.07) is 12.4. The Morgan fingerprint density at radius 3 is 2.39 bits per heavy atom. The number of amides is 4. The summed E-state index contributed by atoms with van der Waals surface area (Å²) < 4.78 is 0. The van der Waals surface area contributed by atoms with E-state index in [4.69, 9.17) is 0 Å². The van der Waals surface area contributed by atoms with Crippen LogP contribution in [0.25, 0.3) is 0 Å². The minimum Gasteiger partial charge on any atom is -0.326 e. The predicted octanol–water partition coefficient (Wildman–Crippen LogP) is 3.00. The Morgan fingerprint density at radius 2 is 1.71 bits per heavy atom. The second-order valence-corrected chi connectivity index (χ2v) is 8.32. The van der Waals surface area contributed by atoms with Crippen LogP contribution in [0.2, 0.25) is 0 Å². The van der Waals surface area contributed by atoms with Crippen molar-refractivity contribution in [1.82, 2.24) is 4.90 Å². The van der Waals surface area contributed by atoms with Gasteiger partial charge in [0.05, 0.1) is 11.1 Å². The van der Waals surface area contributed by atoms with E-state index >= 15 is 0 Å². The third kappa shape index (κ3) is 3.60. The van der Waals surface area contributed by atoms with Gasteiger partial charge in [-0.1, -0.05) is 18.2 Å². The third-order valence-corrected chi connectivity index (χ3v) is 6.12. The van der Waals surface area contributed by atoms with E-state index in [1.807, 2.05) is 23.1 Å². The van der Waals surface area contributed by atoms with E-state index in [9.17, 15) is 19.2 Å². The number of hydrogen-bond donors (Lipinski definition) is 1. The molecule has 158 valence electrons. The summed E-state index contributed by atoms with van der Waals surface area (Å²) >= 11 is 0. The molecule has 2 heterocycles. The summed E-state index contributed by atoms with van der Waals surface area (Å²) in [4.78, 5) is 52.7. The zero-order valence-electron chi connectivity index (χ0n) is 17.1. The van der Waals surface area contributed by atoms with Gasteiger partial charge in [0, 0.05) is 36.8 Å². The molecule has 2 aliphatic heterocycles. The summed E-state index contributed by atoms with van der Waals surface area (Å²) in [6.45, 7) is 0.899. The molecule has 1 aliphatic carbocycles. The van der Waals surface area contributed by atoms with E-state index in [-0.39, 0.29) is 42.5 Å². The van der Waals surface area contributed by atoms with Gasteiger partial charge in [0.25, 0.3) is 11.8 Å². The molecule has 1 N–H and O–H groups in total. The number of hydrogen-bond acceptors (Lipinski definition) is 4. The lowest BCUT2D eigenvalue weighted by Crippen LogP contribution is -2.31. The van der Waals surface area contributed by atoms with Gasteiger partial charge in [0.2, 0.25) is 11.8 Å². The van der Waals surface area contributed by atoms with Crippen LogP contribution in [0.15, 0.2) is 42.5 Å². The van der Waals surface area contributed by atoms with Crippen LogP contribution in [-0.2, 0) is 16.0 Å². The molecule has 2 aromatic rings. The summed E-state index contributed by atoms with van der Waals surface area (Å²) in [5, 5.41) is 2.88. The Morgan fingerprint density at radius 1 is 1.00 bits per heavy atom. The van der Waals surface area contributed by atoms with Gasteiger partial charge in [0.15, 0.2) is 0 Å². The normalized spacial score (nSPS) is 17.0. The molecule has 2 aromatic carbocycles. The standard InChI is InChI=1S/C24H23N3O4/c28-21(6-3-12-27-23(30)18-4-1-2-5-19(18)24(27)31)25-17-10-9-15-11-13-26(20(15)14-17)22(29)16-7-8-16/h1-2,4-5,9-10,14,16H,3,6-8,11-13H2,(H,25,28). The maximum atomic E-state index is 12.5. The minimum absolute atomic E-state index is 0.159. The van der Waals surface area contributed by atoms with E-state index in [0.717, 1.165) is 30.5 Å². The smallest absolute Gasteiger partial charge is 0.261 e. The van der Waals surface area contributed by atoms with E-state index in [2.05, 4.69) is 5.32 Å². The summed E-state index contributed by atoms with van der Waals surface area (Å²) in [5.74, 6) is -0.454. The molecular weight excluding hydrogens is 394 g/mol. The topological polar surface area (TPSA) is 86.8 Å². The lowest BCUT2D eigenvalue weighted by atomic mass is 10.1. The number of nitrogens with one attached hydrogen (secondary N) is 1. The van der Waals surface area contributed by atoms with E-state index < -0.39 is 0 Å². The number of nitrogens with zero attached hydrogens (tertiary/aromatic N) is 2. The number of benzene rings is 2. The Kier molecular flexibility index (Phi) is 4.81.